The van der Waals surface area contributed by atoms with E-state index in [2.05, 4.69) is 5.32 Å². The summed E-state index contributed by atoms with van der Waals surface area (Å²) in [6, 6.07) is 0. The van der Waals surface area contributed by atoms with Crippen LogP contribution >= 0.6 is 12.4 Å². The molecular formula is C12H25ClN2O3. The molecule has 1 rings (SSSR count). The maximum Gasteiger partial charge on any atom is 0.225 e. The summed E-state index contributed by atoms with van der Waals surface area (Å²) in [5.41, 5.74) is 0. The fourth-order valence-corrected chi connectivity index (χ4v) is 1.85. The molecule has 0 aromatic heterocycles. The predicted octanol–water partition coefficient (Wildman–Crippen LogP) is 0.672. The Kier molecular flexibility index (Phi) is 10.3. The van der Waals surface area contributed by atoms with Crippen molar-refractivity contribution in [1.29, 1.82) is 0 Å². The molecule has 108 valence electrons. The molecule has 0 bridgehead atoms. The molecular weight excluding hydrogens is 256 g/mol. The van der Waals surface area contributed by atoms with E-state index in [-0.39, 0.29) is 24.4 Å². The molecule has 0 aliphatic carbocycles. The van der Waals surface area contributed by atoms with Crippen LogP contribution in [-0.4, -0.2) is 62.9 Å². The number of halogens is 1. The Hall–Kier alpha value is -0.360. The summed E-state index contributed by atoms with van der Waals surface area (Å²) < 4.78 is 10.8. The second-order valence-corrected chi connectivity index (χ2v) is 4.07. The number of amides is 1. The van der Waals surface area contributed by atoms with Gasteiger partial charge in [0.2, 0.25) is 5.91 Å². The lowest BCUT2D eigenvalue weighted by Crippen LogP contribution is -2.43. The Labute approximate surface area is 116 Å². The fraction of sp³-hybridized carbons (Fsp3) is 0.917. The van der Waals surface area contributed by atoms with Crippen LogP contribution < -0.4 is 5.32 Å². The summed E-state index contributed by atoms with van der Waals surface area (Å²) in [6.07, 6.45) is 0.491. The van der Waals surface area contributed by atoms with Crippen LogP contribution in [0.5, 0.6) is 0 Å². The molecule has 1 N–H and O–H groups in total. The first-order valence-corrected chi connectivity index (χ1v) is 6.45. The highest BCUT2D eigenvalue weighted by Gasteiger charge is 2.20. The number of ether oxygens (including phenoxy) is 2. The lowest BCUT2D eigenvalue weighted by atomic mass is 10.2. The lowest BCUT2D eigenvalue weighted by molar-refractivity contribution is -0.135. The molecule has 5 nitrogen and oxygen atoms in total. The zero-order chi connectivity index (χ0) is 12.5. The smallest absolute Gasteiger partial charge is 0.225 e. The molecule has 1 aliphatic heterocycles. The van der Waals surface area contributed by atoms with E-state index in [9.17, 15) is 4.79 Å². The van der Waals surface area contributed by atoms with Crippen molar-refractivity contribution >= 4 is 18.3 Å². The third-order valence-electron chi connectivity index (χ3n) is 2.85. The Morgan fingerprint density at radius 2 is 2.28 bits per heavy atom. The summed E-state index contributed by atoms with van der Waals surface area (Å²) in [7, 11) is 0. The highest BCUT2D eigenvalue weighted by Crippen LogP contribution is 2.05. The van der Waals surface area contributed by atoms with Crippen molar-refractivity contribution in [3.63, 3.8) is 0 Å². The largest absolute Gasteiger partial charge is 0.380 e. The zero-order valence-electron chi connectivity index (χ0n) is 11.3. The van der Waals surface area contributed by atoms with Crippen molar-refractivity contribution in [2.75, 3.05) is 46.0 Å². The molecule has 1 heterocycles. The topological polar surface area (TPSA) is 50.8 Å². The van der Waals surface area contributed by atoms with Crippen LogP contribution in [0.15, 0.2) is 0 Å². The number of morpholine rings is 1. The molecule has 1 amide bonds. The maximum atomic E-state index is 12.0. The van der Waals surface area contributed by atoms with Gasteiger partial charge in [-0.1, -0.05) is 0 Å². The van der Waals surface area contributed by atoms with Gasteiger partial charge in [-0.3, -0.25) is 4.79 Å². The lowest BCUT2D eigenvalue weighted by Gasteiger charge is -2.26. The van der Waals surface area contributed by atoms with E-state index in [1.54, 1.807) is 0 Å². The van der Waals surface area contributed by atoms with E-state index in [1.807, 2.05) is 18.7 Å². The van der Waals surface area contributed by atoms with Crippen molar-refractivity contribution in [2.24, 2.45) is 0 Å². The summed E-state index contributed by atoms with van der Waals surface area (Å²) in [5.74, 6) is 0.154. The first kappa shape index (κ1) is 17.6. The van der Waals surface area contributed by atoms with E-state index in [0.717, 1.165) is 19.6 Å². The number of rotatable bonds is 7. The molecule has 1 saturated heterocycles. The fourth-order valence-electron chi connectivity index (χ4n) is 1.85. The van der Waals surface area contributed by atoms with Crippen LogP contribution in [0.25, 0.3) is 0 Å². The Morgan fingerprint density at radius 3 is 2.83 bits per heavy atom. The van der Waals surface area contributed by atoms with Crippen molar-refractivity contribution in [3.8, 4) is 0 Å². The minimum atomic E-state index is 0. The minimum absolute atomic E-state index is 0. The third-order valence-corrected chi connectivity index (χ3v) is 2.85. The van der Waals surface area contributed by atoms with E-state index < -0.39 is 0 Å². The minimum Gasteiger partial charge on any atom is -0.380 e. The van der Waals surface area contributed by atoms with Crippen molar-refractivity contribution < 1.29 is 14.3 Å². The van der Waals surface area contributed by atoms with Gasteiger partial charge in [0.15, 0.2) is 0 Å². The molecule has 0 spiro atoms. The summed E-state index contributed by atoms with van der Waals surface area (Å²) in [4.78, 5) is 13.8. The number of carbonyl (C=O) groups is 1. The van der Waals surface area contributed by atoms with E-state index in [0.29, 0.717) is 32.8 Å². The molecule has 6 heteroatoms. The van der Waals surface area contributed by atoms with Gasteiger partial charge in [0.1, 0.15) is 0 Å². The number of carbonyl (C=O) groups excluding carboxylic acids is 1. The van der Waals surface area contributed by atoms with Crippen molar-refractivity contribution in [2.45, 2.75) is 26.4 Å². The molecule has 1 fully saturated rings. The second kappa shape index (κ2) is 10.6. The van der Waals surface area contributed by atoms with Gasteiger partial charge in [-0.2, -0.15) is 0 Å². The van der Waals surface area contributed by atoms with Gasteiger partial charge >= 0.3 is 0 Å². The standard InChI is InChI=1S/C12H24N2O3.ClH/c1-3-14(6-8-16-4-2)12(15)9-11-10-13-5-7-17-11;/h11,13H,3-10H2,1-2H3;1H. The number of hydrogen-bond acceptors (Lipinski definition) is 4. The molecule has 0 saturated carbocycles. The van der Waals surface area contributed by atoms with Crippen LogP contribution in [0.1, 0.15) is 20.3 Å². The molecule has 1 aliphatic rings. The van der Waals surface area contributed by atoms with Crippen LogP contribution in [0, 0.1) is 0 Å². The van der Waals surface area contributed by atoms with E-state index in [4.69, 9.17) is 9.47 Å². The molecule has 0 radical (unpaired) electrons. The highest BCUT2D eigenvalue weighted by molar-refractivity contribution is 5.85. The van der Waals surface area contributed by atoms with Gasteiger partial charge in [-0.25, -0.2) is 0 Å². The monoisotopic (exact) mass is 280 g/mol. The first-order valence-electron chi connectivity index (χ1n) is 6.45. The van der Waals surface area contributed by atoms with Crippen LogP contribution in [0.3, 0.4) is 0 Å². The molecule has 1 atom stereocenters. The molecule has 0 aromatic carbocycles. The summed E-state index contributed by atoms with van der Waals surface area (Å²) in [5, 5.41) is 3.23. The Bertz CT molecular complexity index is 223. The predicted molar refractivity (Wildman–Crippen MR) is 73.2 cm³/mol. The van der Waals surface area contributed by atoms with Gasteiger partial charge in [-0.15, -0.1) is 12.4 Å². The third kappa shape index (κ3) is 6.54. The van der Waals surface area contributed by atoms with Crippen LogP contribution in [0.2, 0.25) is 0 Å². The second-order valence-electron chi connectivity index (χ2n) is 4.07. The number of nitrogens with one attached hydrogen (secondary N) is 1. The van der Waals surface area contributed by atoms with Crippen molar-refractivity contribution in [3.05, 3.63) is 0 Å². The molecule has 1 unspecified atom stereocenters. The average Bonchev–Trinajstić information content (AvgIpc) is 2.36. The molecule has 0 aromatic rings. The normalized spacial score (nSPS) is 19.1. The summed E-state index contributed by atoms with van der Waals surface area (Å²) in [6.45, 7) is 9.00. The zero-order valence-corrected chi connectivity index (χ0v) is 12.1. The van der Waals surface area contributed by atoms with Gasteiger partial charge in [-0.05, 0) is 13.8 Å². The average molecular weight is 281 g/mol. The summed E-state index contributed by atoms with van der Waals surface area (Å²) >= 11 is 0. The quantitative estimate of drug-likeness (QED) is 0.697. The van der Waals surface area contributed by atoms with Crippen LogP contribution in [-0.2, 0) is 14.3 Å². The number of hydrogen-bond donors (Lipinski definition) is 1. The SMILES string of the molecule is CCOCCN(CC)C(=O)CC1CNCCO1.Cl. The first-order chi connectivity index (χ1) is 8.27. The highest BCUT2D eigenvalue weighted by atomic mass is 35.5. The van der Waals surface area contributed by atoms with Gasteiger partial charge in [0.25, 0.3) is 0 Å². The molecule has 18 heavy (non-hydrogen) atoms. The van der Waals surface area contributed by atoms with E-state index >= 15 is 0 Å². The van der Waals surface area contributed by atoms with Gasteiger partial charge < -0.3 is 19.7 Å². The Morgan fingerprint density at radius 1 is 1.50 bits per heavy atom. The number of nitrogens with zero attached hydrogens (tertiary/aromatic N) is 1. The maximum absolute atomic E-state index is 12.0. The van der Waals surface area contributed by atoms with E-state index in [1.165, 1.54) is 0 Å². The van der Waals surface area contributed by atoms with Crippen molar-refractivity contribution in [1.82, 2.24) is 10.2 Å². The Balaban J connectivity index is 0.00000289. The van der Waals surface area contributed by atoms with Gasteiger partial charge in [0.05, 0.1) is 25.7 Å². The van der Waals surface area contributed by atoms with Gasteiger partial charge in [0, 0.05) is 32.8 Å². The number of likely N-dealkylation sites (N-methyl/N-ethyl adjacent to an activating group) is 1. The van der Waals surface area contributed by atoms with Crippen LogP contribution in [0.4, 0.5) is 0 Å².